The van der Waals surface area contributed by atoms with E-state index in [-0.39, 0.29) is 0 Å². The second-order valence-electron chi connectivity index (χ2n) is 4.69. The van der Waals surface area contributed by atoms with E-state index in [0.717, 1.165) is 30.9 Å². The molecule has 94 valence electrons. The average Bonchev–Trinajstić information content (AvgIpc) is 2.69. The third-order valence-electron chi connectivity index (χ3n) is 3.43. The van der Waals surface area contributed by atoms with E-state index in [2.05, 4.69) is 26.7 Å². The van der Waals surface area contributed by atoms with Crippen LogP contribution in [0.5, 0.6) is 0 Å². The number of imidazole rings is 1. The molecule has 0 spiro atoms. The van der Waals surface area contributed by atoms with Crippen molar-refractivity contribution >= 4 is 11.6 Å². The molecule has 0 aromatic carbocycles. The van der Waals surface area contributed by atoms with Crippen LogP contribution in [0.2, 0.25) is 5.15 Å². The van der Waals surface area contributed by atoms with Gasteiger partial charge in [-0.15, -0.1) is 5.10 Å². The van der Waals surface area contributed by atoms with Gasteiger partial charge in [0.2, 0.25) is 0 Å². The van der Waals surface area contributed by atoms with Crippen molar-refractivity contribution in [1.29, 1.82) is 0 Å². The molecule has 4 nitrogen and oxygen atoms in total. The van der Waals surface area contributed by atoms with Crippen molar-refractivity contribution in [2.24, 2.45) is 0 Å². The first-order chi connectivity index (χ1) is 8.74. The Morgan fingerprint density at radius 2 is 2.06 bits per heavy atom. The Morgan fingerprint density at radius 3 is 2.83 bits per heavy atom. The van der Waals surface area contributed by atoms with Crippen molar-refractivity contribution in [3.05, 3.63) is 40.2 Å². The molecule has 2 aromatic heterocycles. The van der Waals surface area contributed by atoms with Gasteiger partial charge < -0.3 is 4.57 Å². The normalized spacial score (nSPS) is 14.6. The van der Waals surface area contributed by atoms with Gasteiger partial charge in [0.25, 0.3) is 0 Å². The van der Waals surface area contributed by atoms with Crippen LogP contribution in [-0.4, -0.2) is 19.7 Å². The smallest absolute Gasteiger partial charge is 0.151 e. The molecular weight excluding hydrogens is 248 g/mol. The van der Waals surface area contributed by atoms with E-state index in [1.165, 1.54) is 24.2 Å². The van der Waals surface area contributed by atoms with E-state index < -0.39 is 0 Å². The summed E-state index contributed by atoms with van der Waals surface area (Å²) >= 11 is 5.75. The number of hydrogen-bond acceptors (Lipinski definition) is 3. The monoisotopic (exact) mass is 262 g/mol. The molecular formula is C13H15ClN4. The molecule has 0 bridgehead atoms. The van der Waals surface area contributed by atoms with Gasteiger partial charge in [-0.3, -0.25) is 0 Å². The molecule has 0 radical (unpaired) electrons. The molecule has 2 aromatic rings. The van der Waals surface area contributed by atoms with Gasteiger partial charge in [-0.25, -0.2) is 4.98 Å². The van der Waals surface area contributed by atoms with E-state index in [1.807, 2.05) is 6.07 Å². The lowest BCUT2D eigenvalue weighted by Crippen LogP contribution is -2.11. The van der Waals surface area contributed by atoms with E-state index in [1.54, 1.807) is 6.07 Å². The SMILES string of the molecule is Cc1nc2c(n1Cc1ccc(Cl)nn1)CCCC2. The molecule has 0 saturated heterocycles. The number of aryl methyl sites for hydroxylation is 2. The van der Waals surface area contributed by atoms with E-state index in [9.17, 15) is 0 Å². The quantitative estimate of drug-likeness (QED) is 0.835. The molecule has 0 fully saturated rings. The highest BCUT2D eigenvalue weighted by Crippen LogP contribution is 2.22. The molecule has 0 aliphatic heterocycles. The average molecular weight is 263 g/mol. The van der Waals surface area contributed by atoms with Crippen LogP contribution in [-0.2, 0) is 19.4 Å². The molecule has 0 N–H and O–H groups in total. The Morgan fingerprint density at radius 1 is 1.22 bits per heavy atom. The first kappa shape index (κ1) is 11.7. The Labute approximate surface area is 111 Å². The summed E-state index contributed by atoms with van der Waals surface area (Å²) < 4.78 is 2.26. The summed E-state index contributed by atoms with van der Waals surface area (Å²) in [7, 11) is 0. The second-order valence-corrected chi connectivity index (χ2v) is 5.08. The minimum Gasteiger partial charge on any atom is -0.326 e. The Bertz CT molecular complexity index is 559. The lowest BCUT2D eigenvalue weighted by molar-refractivity contribution is 0.618. The number of hydrogen-bond donors (Lipinski definition) is 0. The number of rotatable bonds is 2. The van der Waals surface area contributed by atoms with Crippen LogP contribution in [0.1, 0.15) is 35.7 Å². The molecule has 1 aliphatic carbocycles. The fraction of sp³-hybridized carbons (Fsp3) is 0.462. The van der Waals surface area contributed by atoms with E-state index >= 15 is 0 Å². The van der Waals surface area contributed by atoms with Gasteiger partial charge in [0.1, 0.15) is 5.82 Å². The third kappa shape index (κ3) is 2.12. The van der Waals surface area contributed by atoms with Crippen molar-refractivity contribution in [1.82, 2.24) is 19.7 Å². The number of nitrogens with zero attached hydrogens (tertiary/aromatic N) is 4. The molecule has 2 heterocycles. The van der Waals surface area contributed by atoms with Crippen LogP contribution in [0.4, 0.5) is 0 Å². The van der Waals surface area contributed by atoms with Crippen molar-refractivity contribution < 1.29 is 0 Å². The minimum atomic E-state index is 0.433. The van der Waals surface area contributed by atoms with Gasteiger partial charge in [0.15, 0.2) is 5.15 Å². The van der Waals surface area contributed by atoms with E-state index in [0.29, 0.717) is 5.15 Å². The molecule has 0 unspecified atom stereocenters. The van der Waals surface area contributed by atoms with Crippen molar-refractivity contribution in [3.8, 4) is 0 Å². The standard InChI is InChI=1S/C13H15ClN4/c1-9-15-11-4-2-3-5-12(11)18(9)8-10-6-7-13(14)17-16-10/h6-7H,2-5,8H2,1H3. The van der Waals surface area contributed by atoms with Gasteiger partial charge in [0.05, 0.1) is 17.9 Å². The summed E-state index contributed by atoms with van der Waals surface area (Å²) in [6, 6.07) is 3.70. The second kappa shape index (κ2) is 4.69. The van der Waals surface area contributed by atoms with Crippen LogP contribution >= 0.6 is 11.6 Å². The maximum Gasteiger partial charge on any atom is 0.151 e. The Kier molecular flexibility index (Phi) is 3.04. The number of halogens is 1. The first-order valence-corrected chi connectivity index (χ1v) is 6.65. The highest BCUT2D eigenvalue weighted by atomic mass is 35.5. The Balaban J connectivity index is 1.92. The summed E-state index contributed by atoms with van der Waals surface area (Å²) in [6.45, 7) is 2.79. The number of fused-ring (bicyclic) bond motifs is 1. The highest BCUT2D eigenvalue weighted by Gasteiger charge is 2.18. The molecule has 5 heteroatoms. The molecule has 0 amide bonds. The lowest BCUT2D eigenvalue weighted by atomic mass is 10.0. The van der Waals surface area contributed by atoms with Crippen LogP contribution in [0.15, 0.2) is 12.1 Å². The zero-order valence-electron chi connectivity index (χ0n) is 10.4. The first-order valence-electron chi connectivity index (χ1n) is 6.27. The van der Waals surface area contributed by atoms with Gasteiger partial charge >= 0.3 is 0 Å². The summed E-state index contributed by atoms with van der Waals surface area (Å²) in [5.74, 6) is 1.07. The van der Waals surface area contributed by atoms with Gasteiger partial charge in [-0.1, -0.05) is 11.6 Å². The zero-order valence-corrected chi connectivity index (χ0v) is 11.1. The summed E-state index contributed by atoms with van der Waals surface area (Å²) in [5, 5.41) is 8.43. The lowest BCUT2D eigenvalue weighted by Gasteiger charge is -2.14. The predicted molar refractivity (Wildman–Crippen MR) is 69.8 cm³/mol. The van der Waals surface area contributed by atoms with E-state index in [4.69, 9.17) is 11.6 Å². The largest absolute Gasteiger partial charge is 0.326 e. The molecule has 0 saturated carbocycles. The molecule has 3 rings (SSSR count). The fourth-order valence-corrected chi connectivity index (χ4v) is 2.64. The third-order valence-corrected chi connectivity index (χ3v) is 3.63. The van der Waals surface area contributed by atoms with Crippen LogP contribution in [0.3, 0.4) is 0 Å². The summed E-state index contributed by atoms with van der Waals surface area (Å²) in [5.41, 5.74) is 3.56. The minimum absolute atomic E-state index is 0.433. The topological polar surface area (TPSA) is 43.6 Å². The van der Waals surface area contributed by atoms with Gasteiger partial charge in [-0.2, -0.15) is 5.10 Å². The van der Waals surface area contributed by atoms with Crippen LogP contribution in [0.25, 0.3) is 0 Å². The van der Waals surface area contributed by atoms with Gasteiger partial charge in [0, 0.05) is 5.69 Å². The fourth-order valence-electron chi connectivity index (χ4n) is 2.54. The van der Waals surface area contributed by atoms with Gasteiger partial charge in [-0.05, 0) is 44.7 Å². The zero-order chi connectivity index (χ0) is 12.5. The van der Waals surface area contributed by atoms with Crippen molar-refractivity contribution in [2.75, 3.05) is 0 Å². The molecule has 0 atom stereocenters. The number of aromatic nitrogens is 4. The highest BCUT2D eigenvalue weighted by molar-refractivity contribution is 6.29. The summed E-state index contributed by atoms with van der Waals surface area (Å²) in [4.78, 5) is 4.65. The van der Waals surface area contributed by atoms with Crippen molar-refractivity contribution in [3.63, 3.8) is 0 Å². The molecule has 18 heavy (non-hydrogen) atoms. The van der Waals surface area contributed by atoms with Crippen LogP contribution < -0.4 is 0 Å². The maximum absolute atomic E-state index is 5.75. The van der Waals surface area contributed by atoms with Crippen LogP contribution in [0, 0.1) is 6.92 Å². The molecule has 1 aliphatic rings. The van der Waals surface area contributed by atoms with Crippen molar-refractivity contribution in [2.45, 2.75) is 39.2 Å². The summed E-state index contributed by atoms with van der Waals surface area (Å²) in [6.07, 6.45) is 4.74. The maximum atomic E-state index is 5.75. The predicted octanol–water partition coefficient (Wildman–Crippen LogP) is 2.56. The Hall–Kier alpha value is -1.42.